The minimum Gasteiger partial charge on any atom is -0.314 e. The van der Waals surface area contributed by atoms with Crippen LogP contribution in [0.5, 0.6) is 0 Å². The molecule has 0 amide bonds. The van der Waals surface area contributed by atoms with Crippen molar-refractivity contribution in [2.75, 3.05) is 6.54 Å². The lowest BCUT2D eigenvalue weighted by Gasteiger charge is -2.28. The van der Waals surface area contributed by atoms with Crippen LogP contribution >= 0.6 is 0 Å². The van der Waals surface area contributed by atoms with Gasteiger partial charge in [-0.3, -0.25) is 0 Å². The van der Waals surface area contributed by atoms with Crippen LogP contribution in [0.2, 0.25) is 0 Å². The minimum absolute atomic E-state index is 0.525. The zero-order valence-electron chi connectivity index (χ0n) is 13.6. The van der Waals surface area contributed by atoms with Gasteiger partial charge in [0.05, 0.1) is 0 Å². The molecule has 1 nitrogen and oxygen atoms in total. The van der Waals surface area contributed by atoms with E-state index in [9.17, 15) is 0 Å². The minimum atomic E-state index is 0.525. The van der Waals surface area contributed by atoms with Gasteiger partial charge in [0, 0.05) is 6.04 Å². The molecular weight excluding hydrogens is 230 g/mol. The van der Waals surface area contributed by atoms with E-state index in [4.69, 9.17) is 0 Å². The fourth-order valence-corrected chi connectivity index (χ4v) is 5.84. The quantitative estimate of drug-likeness (QED) is 0.771. The normalized spacial score (nSPS) is 40.6. The molecule has 4 unspecified atom stereocenters. The third kappa shape index (κ3) is 2.07. The fraction of sp³-hybridized carbons (Fsp3) is 1.00. The van der Waals surface area contributed by atoms with Crippen molar-refractivity contribution < 1.29 is 0 Å². The molecule has 3 saturated carbocycles. The van der Waals surface area contributed by atoms with Crippen LogP contribution in [0.25, 0.3) is 0 Å². The second-order valence-corrected chi connectivity index (χ2v) is 8.76. The lowest BCUT2D eigenvalue weighted by Crippen LogP contribution is -2.36. The molecular formula is C18H33N. The second kappa shape index (κ2) is 4.48. The van der Waals surface area contributed by atoms with Gasteiger partial charge in [-0.15, -0.1) is 0 Å². The molecule has 110 valence electrons. The van der Waals surface area contributed by atoms with Crippen LogP contribution in [0.3, 0.4) is 0 Å². The van der Waals surface area contributed by atoms with Crippen molar-refractivity contribution in [1.82, 2.24) is 5.32 Å². The van der Waals surface area contributed by atoms with E-state index in [1.54, 1.807) is 12.8 Å². The Morgan fingerprint density at radius 3 is 2.16 bits per heavy atom. The monoisotopic (exact) mass is 263 g/mol. The third-order valence-electron chi connectivity index (χ3n) is 7.44. The van der Waals surface area contributed by atoms with Crippen LogP contribution in [0.4, 0.5) is 0 Å². The molecule has 0 aromatic rings. The van der Waals surface area contributed by atoms with Gasteiger partial charge >= 0.3 is 0 Å². The van der Waals surface area contributed by atoms with Gasteiger partial charge in [0.25, 0.3) is 0 Å². The standard InChI is InChI=1S/C18H33N/c1-6-19-15(16-17(2,3)18(16,4)5)11-14-10-12-7-8-13(14)9-12/h12-16,19H,6-11H2,1-5H3. The van der Waals surface area contributed by atoms with Gasteiger partial charge in [-0.2, -0.15) is 0 Å². The van der Waals surface area contributed by atoms with Gasteiger partial charge in [0.15, 0.2) is 0 Å². The van der Waals surface area contributed by atoms with Crippen LogP contribution in [-0.4, -0.2) is 12.6 Å². The first kappa shape index (κ1) is 13.9. The summed E-state index contributed by atoms with van der Waals surface area (Å²) in [6.07, 6.45) is 7.62. The molecule has 1 N–H and O–H groups in total. The Balaban J connectivity index is 1.66. The van der Waals surface area contributed by atoms with Crippen LogP contribution in [-0.2, 0) is 0 Å². The second-order valence-electron chi connectivity index (χ2n) is 8.76. The summed E-state index contributed by atoms with van der Waals surface area (Å²) in [6.45, 7) is 13.3. The molecule has 3 aliphatic rings. The van der Waals surface area contributed by atoms with Gasteiger partial charge < -0.3 is 5.32 Å². The summed E-state index contributed by atoms with van der Waals surface area (Å²) in [6, 6.07) is 0.763. The van der Waals surface area contributed by atoms with E-state index in [1.165, 1.54) is 19.3 Å². The highest BCUT2D eigenvalue weighted by Crippen LogP contribution is 2.70. The summed E-state index contributed by atoms with van der Waals surface area (Å²) in [5.74, 6) is 4.09. The first-order valence-corrected chi connectivity index (χ1v) is 8.61. The third-order valence-corrected chi connectivity index (χ3v) is 7.44. The Labute approximate surface area is 119 Å². The van der Waals surface area contributed by atoms with Crippen LogP contribution < -0.4 is 5.32 Å². The number of rotatable bonds is 5. The maximum atomic E-state index is 3.84. The smallest absolute Gasteiger partial charge is 0.0109 e. The highest BCUT2D eigenvalue weighted by atomic mass is 15.0. The van der Waals surface area contributed by atoms with Crippen molar-refractivity contribution in [3.8, 4) is 0 Å². The summed E-state index contributed by atoms with van der Waals surface area (Å²) >= 11 is 0. The molecule has 0 spiro atoms. The summed E-state index contributed by atoms with van der Waals surface area (Å²) in [5.41, 5.74) is 1.05. The predicted octanol–water partition coefficient (Wildman–Crippen LogP) is 4.47. The summed E-state index contributed by atoms with van der Waals surface area (Å²) in [5, 5.41) is 3.84. The lowest BCUT2D eigenvalue weighted by atomic mass is 9.82. The van der Waals surface area contributed by atoms with Gasteiger partial charge in [-0.25, -0.2) is 0 Å². The average Bonchev–Trinajstić information content (AvgIpc) is 2.74. The molecule has 3 fully saturated rings. The van der Waals surface area contributed by atoms with Crippen molar-refractivity contribution in [3.63, 3.8) is 0 Å². The molecule has 0 heterocycles. The Bertz CT molecular complexity index is 330. The average molecular weight is 263 g/mol. The molecule has 0 aromatic carbocycles. The molecule has 19 heavy (non-hydrogen) atoms. The number of nitrogens with one attached hydrogen (secondary N) is 1. The Kier molecular flexibility index (Phi) is 3.28. The maximum Gasteiger partial charge on any atom is 0.0109 e. The zero-order valence-corrected chi connectivity index (χ0v) is 13.6. The zero-order chi connectivity index (χ0) is 13.8. The molecule has 0 aliphatic heterocycles. The van der Waals surface area contributed by atoms with Gasteiger partial charge in [0.2, 0.25) is 0 Å². The molecule has 1 heteroatoms. The van der Waals surface area contributed by atoms with Gasteiger partial charge in [-0.05, 0) is 66.7 Å². The molecule has 2 bridgehead atoms. The van der Waals surface area contributed by atoms with Crippen LogP contribution in [0.15, 0.2) is 0 Å². The number of hydrogen-bond acceptors (Lipinski definition) is 1. The first-order chi connectivity index (χ1) is 8.88. The lowest BCUT2D eigenvalue weighted by molar-refractivity contribution is 0.252. The number of fused-ring (bicyclic) bond motifs is 2. The van der Waals surface area contributed by atoms with E-state index in [0.717, 1.165) is 36.3 Å². The summed E-state index contributed by atoms with van der Waals surface area (Å²) in [4.78, 5) is 0. The molecule has 0 aromatic heterocycles. The van der Waals surface area contributed by atoms with E-state index in [2.05, 4.69) is 39.9 Å². The highest BCUT2D eigenvalue weighted by Gasteiger charge is 2.67. The van der Waals surface area contributed by atoms with Crippen molar-refractivity contribution in [2.24, 2.45) is 34.5 Å². The molecule has 3 aliphatic carbocycles. The van der Waals surface area contributed by atoms with E-state index in [-0.39, 0.29) is 0 Å². The summed E-state index contributed by atoms with van der Waals surface area (Å²) in [7, 11) is 0. The van der Waals surface area contributed by atoms with Crippen LogP contribution in [0.1, 0.15) is 66.7 Å². The molecule has 0 radical (unpaired) electrons. The van der Waals surface area contributed by atoms with Crippen molar-refractivity contribution in [2.45, 2.75) is 72.8 Å². The van der Waals surface area contributed by atoms with E-state index in [1.807, 2.05) is 0 Å². The Hall–Kier alpha value is -0.0400. The van der Waals surface area contributed by atoms with Crippen molar-refractivity contribution in [3.05, 3.63) is 0 Å². The summed E-state index contributed by atoms with van der Waals surface area (Å²) < 4.78 is 0. The topological polar surface area (TPSA) is 12.0 Å². The number of hydrogen-bond donors (Lipinski definition) is 1. The Morgan fingerprint density at radius 1 is 1.05 bits per heavy atom. The van der Waals surface area contributed by atoms with Crippen molar-refractivity contribution >= 4 is 0 Å². The first-order valence-electron chi connectivity index (χ1n) is 8.61. The Morgan fingerprint density at radius 2 is 1.74 bits per heavy atom. The van der Waals surface area contributed by atoms with E-state index >= 15 is 0 Å². The van der Waals surface area contributed by atoms with Gasteiger partial charge in [-0.1, -0.05) is 41.0 Å². The molecule has 0 saturated heterocycles. The maximum absolute atomic E-state index is 3.84. The van der Waals surface area contributed by atoms with E-state index in [0.29, 0.717) is 10.8 Å². The highest BCUT2D eigenvalue weighted by molar-refractivity contribution is 5.16. The van der Waals surface area contributed by atoms with Crippen molar-refractivity contribution in [1.29, 1.82) is 0 Å². The van der Waals surface area contributed by atoms with Crippen LogP contribution in [0, 0.1) is 34.5 Å². The SMILES string of the molecule is CCNC(CC1CC2CCC1C2)C1C(C)(C)C1(C)C. The molecule has 4 atom stereocenters. The predicted molar refractivity (Wildman–Crippen MR) is 82.1 cm³/mol. The fourth-order valence-electron chi connectivity index (χ4n) is 5.84. The van der Waals surface area contributed by atoms with E-state index < -0.39 is 0 Å². The van der Waals surface area contributed by atoms with Gasteiger partial charge in [0.1, 0.15) is 0 Å². The largest absolute Gasteiger partial charge is 0.314 e. The molecule has 3 rings (SSSR count).